The van der Waals surface area contributed by atoms with Gasteiger partial charge in [0.2, 0.25) is 11.8 Å². The molecule has 0 amide bonds. The number of aryl methyl sites for hydroxylation is 2. The van der Waals surface area contributed by atoms with Gasteiger partial charge in [-0.15, -0.1) is 0 Å². The van der Waals surface area contributed by atoms with E-state index in [2.05, 4.69) is 16.0 Å². The molecule has 0 bridgehead atoms. The molecule has 1 aliphatic heterocycles. The number of aliphatic hydroxyl groups is 2. The highest BCUT2D eigenvalue weighted by atomic mass is 35.5. The number of alkyl halides is 3. The third kappa shape index (κ3) is 11.1. The van der Waals surface area contributed by atoms with Crippen LogP contribution in [-0.2, 0) is 49.1 Å². The number of hydrazone groups is 1. The Labute approximate surface area is 490 Å². The van der Waals surface area contributed by atoms with Crippen molar-refractivity contribution < 1.29 is 37.6 Å². The third-order valence-corrected chi connectivity index (χ3v) is 15.9. The fraction of sp³-hybridized carbons (Fsp3) is 0.206. The Kier molecular flexibility index (Phi) is 15.8. The van der Waals surface area contributed by atoms with Crippen molar-refractivity contribution in [3.05, 3.63) is 241 Å². The molecule has 4 aromatic heterocycles. The lowest BCUT2D eigenvalue weighted by Gasteiger charge is -2.30. The molecule has 0 aliphatic carbocycles. The number of anilines is 1. The first-order valence-corrected chi connectivity index (χ1v) is 27.3. The van der Waals surface area contributed by atoms with Gasteiger partial charge in [-0.3, -0.25) is 5.01 Å². The van der Waals surface area contributed by atoms with E-state index >= 15 is 0 Å². The zero-order valence-corrected chi connectivity index (χ0v) is 47.1. The van der Waals surface area contributed by atoms with Crippen molar-refractivity contribution >= 4 is 68.0 Å². The lowest BCUT2D eigenvalue weighted by atomic mass is 9.82. The summed E-state index contributed by atoms with van der Waals surface area (Å²) in [5.41, 5.74) is 3.76. The maximum absolute atomic E-state index is 13.7. The van der Waals surface area contributed by atoms with Crippen molar-refractivity contribution in [3.63, 3.8) is 0 Å². The number of methoxy groups -OCH3 is 1. The van der Waals surface area contributed by atoms with Gasteiger partial charge in [-0.1, -0.05) is 95.5 Å². The topological polar surface area (TPSA) is 169 Å². The van der Waals surface area contributed by atoms with Crippen LogP contribution in [0.4, 0.5) is 18.9 Å². The van der Waals surface area contributed by atoms with E-state index in [9.17, 15) is 28.6 Å². The van der Waals surface area contributed by atoms with Gasteiger partial charge in [0.1, 0.15) is 19.3 Å². The number of halogens is 6. The third-order valence-electron chi connectivity index (χ3n) is 14.9. The van der Waals surface area contributed by atoms with Crippen LogP contribution in [0.5, 0.6) is 11.8 Å². The van der Waals surface area contributed by atoms with Gasteiger partial charge in [0.15, 0.2) is 11.2 Å². The normalized spacial score (nSPS) is 14.1. The van der Waals surface area contributed by atoms with Gasteiger partial charge >= 0.3 is 6.18 Å². The molecule has 83 heavy (non-hydrogen) atoms. The van der Waals surface area contributed by atoms with Crippen LogP contribution in [-0.4, -0.2) is 78.5 Å². The molecule has 20 heteroatoms. The molecule has 0 saturated carbocycles. The summed E-state index contributed by atoms with van der Waals surface area (Å²) in [4.78, 5) is 18.4. The fourth-order valence-corrected chi connectivity index (χ4v) is 11.1. The van der Waals surface area contributed by atoms with Crippen LogP contribution in [0.1, 0.15) is 73.4 Å². The smallest absolute Gasteiger partial charge is 0.416 e. The molecule has 5 heterocycles. The van der Waals surface area contributed by atoms with Gasteiger partial charge < -0.3 is 33.6 Å². The van der Waals surface area contributed by atoms with Gasteiger partial charge in [0, 0.05) is 79.0 Å². The second-order valence-corrected chi connectivity index (χ2v) is 21.4. The Hall–Kier alpha value is -8.34. The second kappa shape index (κ2) is 23.1. The number of imidazole rings is 2. The van der Waals surface area contributed by atoms with Gasteiger partial charge in [-0.05, 0) is 106 Å². The summed E-state index contributed by atoms with van der Waals surface area (Å²) in [7, 11) is 5.16. The summed E-state index contributed by atoms with van der Waals surface area (Å²) in [6.07, 6.45) is 2.71. The quantitative estimate of drug-likeness (QED) is 0.0784. The number of rotatable bonds is 18. The van der Waals surface area contributed by atoms with E-state index in [4.69, 9.17) is 64.1 Å². The minimum Gasteiger partial charge on any atom is -0.475 e. The molecular formula is C63H51Cl3F3N9O5. The number of hydrogen-bond acceptors (Lipinski definition) is 12. The summed E-state index contributed by atoms with van der Waals surface area (Å²) < 4.78 is 62.5. The molecule has 14 nitrogen and oxygen atoms in total. The van der Waals surface area contributed by atoms with Gasteiger partial charge in [0.25, 0.3) is 0 Å². The number of benzene rings is 6. The Morgan fingerprint density at radius 2 is 1.11 bits per heavy atom. The molecule has 1 aliphatic rings. The van der Waals surface area contributed by atoms with Crippen molar-refractivity contribution in [3.8, 4) is 17.8 Å². The average Bonchev–Trinajstić information content (AvgIpc) is 4.12. The van der Waals surface area contributed by atoms with E-state index in [0.717, 1.165) is 23.4 Å². The summed E-state index contributed by atoms with van der Waals surface area (Å²) in [6.45, 7) is 1.08. The number of fused-ring (bicyclic) bond motifs is 2. The van der Waals surface area contributed by atoms with E-state index in [0.29, 0.717) is 125 Å². The molecule has 0 fully saturated rings. The number of hydrogen-bond donors (Lipinski definition) is 2. The fourth-order valence-electron chi connectivity index (χ4n) is 10.5. The molecule has 2 N–H and O–H groups in total. The average molecular weight is 1180 g/mol. The number of pyridine rings is 2. The van der Waals surface area contributed by atoms with Crippen LogP contribution >= 0.6 is 34.8 Å². The number of ether oxygens (including phenoxy) is 3. The van der Waals surface area contributed by atoms with Crippen LogP contribution in [0.2, 0.25) is 15.1 Å². The standard InChI is InChI=1S/C63H51Cl3F3N9O5/c1-76-36-71-33-56(76)61(79,40-10-16-45(64)17-11-40)43-14-22-54-49(30-43)53(32-70)50(28-38-4-8-42(9-5-38)63(67,68)69)59(73-54)83-35-47-24-25-78(75-47)48-20-6-39(7-21-48)29-52-58(66)51-31-44(15-23-55(51)74-60(52)82-27-26-81-3)62(80,57-34-72-37-77(57)2)41-12-18-46(65)19-13-41/h4-23,30-31,33-34,36-37,79-80H,24-29,35H2,1-3H3. The van der Waals surface area contributed by atoms with Crippen LogP contribution in [0.15, 0.2) is 164 Å². The molecule has 11 rings (SSSR count). The largest absolute Gasteiger partial charge is 0.475 e. The molecular weight excluding hydrogens is 1130 g/mol. The SMILES string of the molecule is COCCOc1nc2ccc(C(O)(c3ccc(Cl)cc3)c3cncn3C)cc2c(Cl)c1Cc1ccc(N2CCC(COc3nc4ccc(C(O)(c5ccc(Cl)cc5)c5cncn5C)cc4c(C#N)c3Cc3ccc(C(F)(F)F)cc3)=N2)cc1. The van der Waals surface area contributed by atoms with Crippen molar-refractivity contribution in [1.29, 1.82) is 5.26 Å². The molecule has 0 radical (unpaired) electrons. The van der Waals surface area contributed by atoms with E-state index in [1.54, 1.807) is 115 Å². The molecule has 0 saturated heterocycles. The highest BCUT2D eigenvalue weighted by Crippen LogP contribution is 2.43. The predicted molar refractivity (Wildman–Crippen MR) is 312 cm³/mol. The molecule has 6 aromatic carbocycles. The number of aromatic nitrogens is 6. The summed E-state index contributed by atoms with van der Waals surface area (Å²) in [5.74, 6) is 0.461. The van der Waals surface area contributed by atoms with Gasteiger partial charge in [-0.25, -0.2) is 19.9 Å². The van der Waals surface area contributed by atoms with Gasteiger partial charge in [0.05, 0.1) is 81.6 Å². The first-order valence-electron chi connectivity index (χ1n) is 26.2. The maximum Gasteiger partial charge on any atom is 0.416 e. The summed E-state index contributed by atoms with van der Waals surface area (Å²) >= 11 is 19.9. The van der Waals surface area contributed by atoms with Crippen molar-refractivity contribution in [2.75, 3.05) is 38.5 Å². The molecule has 0 spiro atoms. The van der Waals surface area contributed by atoms with Crippen molar-refractivity contribution in [2.24, 2.45) is 19.2 Å². The lowest BCUT2D eigenvalue weighted by Crippen LogP contribution is -2.31. The minimum absolute atomic E-state index is 0.000273. The Morgan fingerprint density at radius 3 is 1.63 bits per heavy atom. The molecule has 420 valence electrons. The molecule has 2 atom stereocenters. The van der Waals surface area contributed by atoms with E-state index in [1.807, 2.05) is 54.5 Å². The van der Waals surface area contributed by atoms with E-state index < -0.39 is 22.9 Å². The van der Waals surface area contributed by atoms with Crippen LogP contribution in [0, 0.1) is 11.3 Å². The highest BCUT2D eigenvalue weighted by molar-refractivity contribution is 6.36. The van der Waals surface area contributed by atoms with Crippen LogP contribution in [0.3, 0.4) is 0 Å². The predicted octanol–water partition coefficient (Wildman–Crippen LogP) is 12.5. The molecule has 10 aromatic rings. The summed E-state index contributed by atoms with van der Waals surface area (Å²) in [5, 5.41) is 45.6. The maximum atomic E-state index is 13.7. The lowest BCUT2D eigenvalue weighted by molar-refractivity contribution is -0.137. The highest BCUT2D eigenvalue weighted by Gasteiger charge is 2.39. The monoisotopic (exact) mass is 1180 g/mol. The number of nitrogens with zero attached hydrogens (tertiary/aromatic N) is 9. The summed E-state index contributed by atoms with van der Waals surface area (Å²) in [6, 6.07) is 39.3. The van der Waals surface area contributed by atoms with Crippen molar-refractivity contribution in [2.45, 2.75) is 36.6 Å². The van der Waals surface area contributed by atoms with E-state index in [-0.39, 0.29) is 31.1 Å². The minimum atomic E-state index is -4.55. The Balaban J connectivity index is 0.881. The van der Waals surface area contributed by atoms with Crippen LogP contribution in [0.25, 0.3) is 21.8 Å². The van der Waals surface area contributed by atoms with Crippen molar-refractivity contribution in [1.82, 2.24) is 29.1 Å². The first-order chi connectivity index (χ1) is 40.0. The Morgan fingerprint density at radius 1 is 0.614 bits per heavy atom. The number of nitriles is 1. The van der Waals surface area contributed by atoms with Gasteiger partial charge in [-0.2, -0.15) is 23.5 Å². The first kappa shape index (κ1) is 56.5. The zero-order chi connectivity index (χ0) is 58.2. The Bertz CT molecular complexity index is 4120. The van der Waals surface area contributed by atoms with E-state index in [1.165, 1.54) is 12.1 Å². The second-order valence-electron chi connectivity index (χ2n) is 20.2. The van der Waals surface area contributed by atoms with Crippen LogP contribution < -0.4 is 14.5 Å². The molecule has 2 unspecified atom stereocenters. The zero-order valence-electron chi connectivity index (χ0n) is 44.9.